The number of aliphatic imine (C=N–C) groups is 1. The number of halogens is 2. The summed E-state index contributed by atoms with van der Waals surface area (Å²) in [5, 5.41) is 5.48. The molecule has 0 saturated carbocycles. The number of ether oxygens (including phenoxy) is 2. The number of carbonyl (C=O) groups excluding carboxylic acids is 5. The standard InChI is InChI=1S/C54H71F2N7O7/c1-11-40(47(57-12-2)35(6)69-10)49-42-29-53(7,8)32-70-33-54(31-64)23-15-24-63(59-54)52(68)43(27-36-16-14-17-37(26-36)38-18-19-44(41(42)28-38)62(49)13-3)58-50(66)48(34(4)5)60(9)51(67)39-22-25-61(30-39)46(65)21-20-45(55)56/h11-12,14,16-21,26,28,31,34-35,39,43,45,48,59H,1,13,15,22-25,27,29-30,32-33H2,2-10H3,(H,58,66)/b21-20+,47-40+,57-12?/t35-,39-,43-,48-,54-/m0/s1. The van der Waals surface area contributed by atoms with Crippen LogP contribution in [0, 0.1) is 17.3 Å². The van der Waals surface area contributed by atoms with E-state index in [2.05, 4.69) is 60.9 Å². The summed E-state index contributed by atoms with van der Waals surface area (Å²) in [5.74, 6) is -3.04. The molecule has 0 radical (unpaired) electrons. The van der Waals surface area contributed by atoms with Crippen molar-refractivity contribution >= 4 is 52.6 Å². The zero-order chi connectivity index (χ0) is 51.1. The number of nitrogens with zero attached hydrogens (tertiary/aromatic N) is 5. The third-order valence-electron chi connectivity index (χ3n) is 13.8. The van der Waals surface area contributed by atoms with Crippen LogP contribution >= 0.6 is 0 Å². The highest BCUT2D eigenvalue weighted by atomic mass is 19.3. The van der Waals surface area contributed by atoms with E-state index >= 15 is 0 Å². The number of hydrazine groups is 1. The Morgan fingerprint density at radius 3 is 2.50 bits per heavy atom. The summed E-state index contributed by atoms with van der Waals surface area (Å²) < 4.78 is 40.2. The number of rotatable bonds is 14. The molecule has 0 aliphatic carbocycles. The lowest BCUT2D eigenvalue weighted by molar-refractivity contribution is -0.148. The number of likely N-dealkylation sites (N-methyl/N-ethyl adjacent to an activating group) is 1. The average molecular weight is 968 g/mol. The molecule has 70 heavy (non-hydrogen) atoms. The monoisotopic (exact) mass is 968 g/mol. The minimum Gasteiger partial charge on any atom is -0.378 e. The largest absolute Gasteiger partial charge is 0.378 e. The van der Waals surface area contributed by atoms with Crippen molar-refractivity contribution in [2.75, 3.05) is 47.0 Å². The number of amides is 4. The van der Waals surface area contributed by atoms with Gasteiger partial charge in [-0.15, -0.1) is 0 Å². The van der Waals surface area contributed by atoms with Crippen molar-refractivity contribution in [3.8, 4) is 11.1 Å². The molecule has 378 valence electrons. The minimum atomic E-state index is -2.78. The first-order chi connectivity index (χ1) is 33.3. The number of alkyl halides is 2. The number of methoxy groups -OCH3 is 1. The highest BCUT2D eigenvalue weighted by molar-refractivity contribution is 5.96. The van der Waals surface area contributed by atoms with Crippen LogP contribution < -0.4 is 10.7 Å². The molecule has 5 atom stereocenters. The number of aromatic nitrogens is 1. The molecular weight excluding hydrogens is 897 g/mol. The normalized spacial score (nSPS) is 22.3. The molecule has 0 unspecified atom stereocenters. The number of carbonyl (C=O) groups is 5. The van der Waals surface area contributed by atoms with Crippen LogP contribution in [-0.2, 0) is 52.8 Å². The molecule has 2 fully saturated rings. The molecule has 0 spiro atoms. The van der Waals surface area contributed by atoms with Crippen LogP contribution in [0.2, 0.25) is 0 Å². The summed E-state index contributed by atoms with van der Waals surface area (Å²) in [4.78, 5) is 76.7. The van der Waals surface area contributed by atoms with E-state index in [9.17, 15) is 32.8 Å². The Bertz CT molecular complexity index is 2530. The van der Waals surface area contributed by atoms with E-state index < -0.39 is 59.0 Å². The van der Waals surface area contributed by atoms with E-state index in [-0.39, 0.29) is 51.3 Å². The second-order valence-electron chi connectivity index (χ2n) is 20.0. The fourth-order valence-electron chi connectivity index (χ4n) is 10.3. The van der Waals surface area contributed by atoms with Crippen LogP contribution in [0.1, 0.15) is 84.5 Å². The Kier molecular flexibility index (Phi) is 17.5. The summed E-state index contributed by atoms with van der Waals surface area (Å²) >= 11 is 0. The van der Waals surface area contributed by atoms with Crippen molar-refractivity contribution in [3.63, 3.8) is 0 Å². The number of fused-ring (bicyclic) bond motifs is 6. The van der Waals surface area contributed by atoms with Gasteiger partial charge < -0.3 is 34.0 Å². The minimum absolute atomic E-state index is 0.00986. The first-order valence-electron chi connectivity index (χ1n) is 24.4. The van der Waals surface area contributed by atoms with Gasteiger partial charge in [-0.25, -0.2) is 14.2 Å². The highest BCUT2D eigenvalue weighted by Crippen LogP contribution is 2.40. The van der Waals surface area contributed by atoms with Crippen molar-refractivity contribution in [1.29, 1.82) is 0 Å². The van der Waals surface area contributed by atoms with Gasteiger partial charge in [0.15, 0.2) is 0 Å². The van der Waals surface area contributed by atoms with E-state index in [1.165, 1.54) is 21.9 Å². The predicted molar refractivity (Wildman–Crippen MR) is 269 cm³/mol. The Morgan fingerprint density at radius 2 is 1.84 bits per heavy atom. The van der Waals surface area contributed by atoms with E-state index in [1.807, 2.05) is 44.2 Å². The lowest BCUT2D eigenvalue weighted by Gasteiger charge is -2.42. The van der Waals surface area contributed by atoms with Crippen LogP contribution in [0.3, 0.4) is 0 Å². The molecule has 4 heterocycles. The van der Waals surface area contributed by atoms with E-state index in [0.717, 1.165) is 62.5 Å². The second-order valence-corrected chi connectivity index (χ2v) is 20.0. The molecule has 3 aliphatic rings. The number of hydrogen-bond donors (Lipinski definition) is 2. The molecule has 3 aromatic rings. The number of nitrogens with one attached hydrogen (secondary N) is 2. The molecule has 6 bridgehead atoms. The van der Waals surface area contributed by atoms with E-state index in [1.54, 1.807) is 27.2 Å². The van der Waals surface area contributed by atoms with Gasteiger partial charge in [0, 0.05) is 75.5 Å². The van der Waals surface area contributed by atoms with E-state index in [0.29, 0.717) is 38.3 Å². The summed E-state index contributed by atoms with van der Waals surface area (Å²) in [7, 11) is 3.19. The maximum atomic E-state index is 14.9. The highest BCUT2D eigenvalue weighted by Gasteiger charge is 2.42. The van der Waals surface area contributed by atoms with Gasteiger partial charge in [-0.2, -0.15) is 0 Å². The maximum Gasteiger partial charge on any atom is 0.259 e. The Morgan fingerprint density at radius 1 is 1.10 bits per heavy atom. The number of allylic oxidation sites excluding steroid dienone is 3. The van der Waals surface area contributed by atoms with Crippen LogP contribution in [0.15, 0.2) is 78.0 Å². The third kappa shape index (κ3) is 11.8. The smallest absolute Gasteiger partial charge is 0.259 e. The summed E-state index contributed by atoms with van der Waals surface area (Å²) in [6, 6.07) is 12.2. The number of aryl methyl sites for hydroxylation is 1. The lowest BCUT2D eigenvalue weighted by Crippen LogP contribution is -2.66. The average Bonchev–Trinajstić information content (AvgIpc) is 3.95. The topological polar surface area (TPSA) is 155 Å². The van der Waals surface area contributed by atoms with Gasteiger partial charge in [0.1, 0.15) is 23.9 Å². The Balaban J connectivity index is 1.42. The molecular formula is C54H71F2N7O7. The van der Waals surface area contributed by atoms with Crippen LogP contribution in [0.25, 0.3) is 27.6 Å². The second kappa shape index (κ2) is 22.9. The molecule has 3 aliphatic heterocycles. The molecule has 4 amide bonds. The molecule has 2 aromatic carbocycles. The van der Waals surface area contributed by atoms with Crippen molar-refractivity contribution in [3.05, 3.63) is 89.8 Å². The van der Waals surface area contributed by atoms with Gasteiger partial charge >= 0.3 is 0 Å². The fraction of sp³-hybridized carbons (Fsp3) is 0.519. The molecule has 2 N–H and O–H groups in total. The molecule has 14 nitrogen and oxygen atoms in total. The van der Waals surface area contributed by atoms with Crippen LogP contribution in [0.4, 0.5) is 8.78 Å². The fourth-order valence-corrected chi connectivity index (χ4v) is 10.3. The van der Waals surface area contributed by atoms with Gasteiger partial charge in [0.25, 0.3) is 12.3 Å². The molecule has 1 aromatic heterocycles. The summed E-state index contributed by atoms with van der Waals surface area (Å²) in [6.07, 6.45) is 4.53. The SMILES string of the molecule is C=C/C(=C(\N=CC)[C@H](C)OC)c1c2c3cc(ccc3n1CC)-c1cccc(c1)C[C@H](NC(=O)[C@H](C(C)C)N(C)C(=O)[C@H]1CCN(C(=O)/C=C/C(F)F)C1)C(=O)N1CCC[C@](C=O)(COCC(C)(C)C2)N1. The van der Waals surface area contributed by atoms with Crippen LogP contribution in [0.5, 0.6) is 0 Å². The zero-order valence-electron chi connectivity index (χ0n) is 42.2. The maximum absolute atomic E-state index is 14.9. The quantitative estimate of drug-likeness (QED) is 0.0745. The first-order valence-corrected chi connectivity index (χ1v) is 24.4. The molecule has 2 saturated heterocycles. The first kappa shape index (κ1) is 53.5. The van der Waals surface area contributed by atoms with Gasteiger partial charge in [-0.1, -0.05) is 70.7 Å². The predicted octanol–water partition coefficient (Wildman–Crippen LogP) is 7.19. The summed E-state index contributed by atoms with van der Waals surface area (Å²) in [5.41, 5.74) is 8.88. The summed E-state index contributed by atoms with van der Waals surface area (Å²) in [6.45, 7) is 19.6. The van der Waals surface area contributed by atoms with Gasteiger partial charge in [0.05, 0.1) is 36.6 Å². The molecule has 16 heteroatoms. The van der Waals surface area contributed by atoms with Crippen molar-refractivity contribution < 1.29 is 42.2 Å². The Hall–Kier alpha value is -5.84. The van der Waals surface area contributed by atoms with Gasteiger partial charge in [-0.05, 0) is 98.2 Å². The van der Waals surface area contributed by atoms with Crippen molar-refractivity contribution in [2.45, 2.75) is 117 Å². The number of aldehydes is 1. The number of likely N-dealkylation sites (tertiary alicyclic amines) is 1. The van der Waals surface area contributed by atoms with Crippen LogP contribution in [-0.4, -0.2) is 133 Å². The number of benzene rings is 2. The lowest BCUT2D eigenvalue weighted by atomic mass is 9.83. The van der Waals surface area contributed by atoms with E-state index in [4.69, 9.17) is 14.5 Å². The zero-order valence-corrected chi connectivity index (χ0v) is 42.2. The number of hydrogen-bond acceptors (Lipinski definition) is 9. The molecule has 6 rings (SSSR count). The van der Waals surface area contributed by atoms with Gasteiger partial charge in [0.2, 0.25) is 17.7 Å². The van der Waals surface area contributed by atoms with Crippen molar-refractivity contribution in [1.82, 2.24) is 30.1 Å². The third-order valence-corrected chi connectivity index (χ3v) is 13.8. The van der Waals surface area contributed by atoms with Crippen molar-refractivity contribution in [2.24, 2.45) is 22.2 Å². The Labute approximate surface area is 411 Å². The van der Waals surface area contributed by atoms with Gasteiger partial charge in [-0.3, -0.25) is 29.2 Å².